The van der Waals surface area contributed by atoms with Crippen molar-refractivity contribution in [3.8, 4) is 0 Å². The number of anilines is 1. The van der Waals surface area contributed by atoms with Crippen molar-refractivity contribution in [2.45, 2.75) is 51.5 Å². The highest BCUT2D eigenvalue weighted by molar-refractivity contribution is 5.92. The number of aromatic nitrogens is 2. The molecule has 114 valence electrons. The van der Waals surface area contributed by atoms with E-state index in [9.17, 15) is 4.79 Å². The Labute approximate surface area is 125 Å². The van der Waals surface area contributed by atoms with Crippen LogP contribution in [0.4, 0.5) is 5.69 Å². The van der Waals surface area contributed by atoms with Crippen LogP contribution in [0.25, 0.3) is 0 Å². The molecule has 0 radical (unpaired) electrons. The number of nitrogens with zero attached hydrogens (tertiary/aromatic N) is 2. The maximum absolute atomic E-state index is 12.5. The maximum atomic E-state index is 12.5. The molecule has 1 aromatic rings. The van der Waals surface area contributed by atoms with Crippen molar-refractivity contribution in [3.05, 3.63) is 18.2 Å². The van der Waals surface area contributed by atoms with E-state index in [0.29, 0.717) is 23.6 Å². The Balaban J connectivity index is 1.62. The minimum absolute atomic E-state index is 0.0888. The summed E-state index contributed by atoms with van der Waals surface area (Å²) in [6.45, 7) is 2.01. The van der Waals surface area contributed by atoms with Crippen LogP contribution in [-0.2, 0) is 11.2 Å². The fourth-order valence-electron chi connectivity index (χ4n) is 3.85. The van der Waals surface area contributed by atoms with Crippen molar-refractivity contribution in [1.82, 2.24) is 9.97 Å². The van der Waals surface area contributed by atoms with E-state index in [4.69, 9.17) is 5.73 Å². The second-order valence-corrected chi connectivity index (χ2v) is 6.43. The topological polar surface area (TPSA) is 80.9 Å². The van der Waals surface area contributed by atoms with Gasteiger partial charge in [0.1, 0.15) is 5.82 Å². The van der Waals surface area contributed by atoms with Crippen molar-refractivity contribution in [3.63, 3.8) is 0 Å². The molecule has 2 saturated carbocycles. The van der Waals surface area contributed by atoms with E-state index >= 15 is 0 Å². The number of hydrogen-bond donors (Lipinski definition) is 2. The van der Waals surface area contributed by atoms with Crippen LogP contribution in [0.2, 0.25) is 0 Å². The Bertz CT molecular complexity index is 488. The molecule has 1 aromatic heterocycles. The minimum atomic E-state index is 0.0888. The third kappa shape index (κ3) is 3.07. The summed E-state index contributed by atoms with van der Waals surface area (Å²) in [7, 11) is 0. The van der Waals surface area contributed by atoms with Gasteiger partial charge >= 0.3 is 0 Å². The number of nitrogens with two attached hydrogens (primary N) is 1. The summed E-state index contributed by atoms with van der Waals surface area (Å²) < 4.78 is 0. The van der Waals surface area contributed by atoms with Gasteiger partial charge in [0.2, 0.25) is 5.91 Å². The number of fused-ring (bicyclic) bond motifs is 2. The van der Waals surface area contributed by atoms with Crippen LogP contribution in [0.15, 0.2) is 12.4 Å². The first-order valence-electron chi connectivity index (χ1n) is 8.04. The van der Waals surface area contributed by atoms with E-state index in [-0.39, 0.29) is 11.8 Å². The van der Waals surface area contributed by atoms with Crippen LogP contribution in [0, 0.1) is 17.8 Å². The van der Waals surface area contributed by atoms with E-state index in [0.717, 1.165) is 25.1 Å². The van der Waals surface area contributed by atoms with Gasteiger partial charge in [-0.1, -0.05) is 13.3 Å². The minimum Gasteiger partial charge on any atom is -0.327 e. The van der Waals surface area contributed by atoms with Gasteiger partial charge in [-0.05, 0) is 37.5 Å². The van der Waals surface area contributed by atoms with Crippen molar-refractivity contribution in [2.75, 3.05) is 5.32 Å². The lowest BCUT2D eigenvalue weighted by Gasteiger charge is -2.43. The Hall–Kier alpha value is -1.49. The summed E-state index contributed by atoms with van der Waals surface area (Å²) in [5.74, 6) is 2.03. The molecule has 0 saturated heterocycles. The summed E-state index contributed by atoms with van der Waals surface area (Å²) in [5.41, 5.74) is 6.97. The molecule has 0 aromatic carbocycles. The highest BCUT2D eigenvalue weighted by atomic mass is 16.1. The maximum Gasteiger partial charge on any atom is 0.227 e. The lowest BCUT2D eigenvalue weighted by atomic mass is 9.65. The Kier molecular flexibility index (Phi) is 4.19. The first kappa shape index (κ1) is 14.4. The second-order valence-electron chi connectivity index (χ2n) is 6.43. The Morgan fingerprint density at radius 1 is 1.29 bits per heavy atom. The number of rotatable bonds is 3. The third-order valence-corrected chi connectivity index (χ3v) is 5.07. The van der Waals surface area contributed by atoms with E-state index in [1.165, 1.54) is 19.3 Å². The molecule has 0 spiro atoms. The van der Waals surface area contributed by atoms with E-state index in [1.807, 2.05) is 6.92 Å². The molecular weight excluding hydrogens is 264 g/mol. The highest BCUT2D eigenvalue weighted by Gasteiger charge is 2.40. The summed E-state index contributed by atoms with van der Waals surface area (Å²) in [6.07, 6.45) is 9.67. The second kappa shape index (κ2) is 6.10. The third-order valence-electron chi connectivity index (χ3n) is 5.07. The van der Waals surface area contributed by atoms with Gasteiger partial charge in [0, 0.05) is 18.4 Å². The smallest absolute Gasteiger partial charge is 0.227 e. The Morgan fingerprint density at radius 3 is 2.48 bits per heavy atom. The van der Waals surface area contributed by atoms with Crippen LogP contribution in [0.1, 0.15) is 44.9 Å². The number of nitrogens with one attached hydrogen (secondary N) is 1. The van der Waals surface area contributed by atoms with Crippen LogP contribution < -0.4 is 11.1 Å². The number of amides is 1. The molecule has 2 fully saturated rings. The fraction of sp³-hybridized carbons (Fsp3) is 0.688. The zero-order valence-corrected chi connectivity index (χ0v) is 12.6. The largest absolute Gasteiger partial charge is 0.327 e. The molecule has 2 aliphatic carbocycles. The first-order chi connectivity index (χ1) is 10.2. The monoisotopic (exact) mass is 288 g/mol. The van der Waals surface area contributed by atoms with Gasteiger partial charge in [-0.2, -0.15) is 0 Å². The number of carbonyl (C=O) groups excluding carboxylic acids is 1. The van der Waals surface area contributed by atoms with E-state index < -0.39 is 0 Å². The molecule has 1 heterocycles. The summed E-state index contributed by atoms with van der Waals surface area (Å²) >= 11 is 0. The van der Waals surface area contributed by atoms with Crippen molar-refractivity contribution < 1.29 is 4.79 Å². The predicted octanol–water partition coefficient (Wildman–Crippen LogP) is 2.13. The van der Waals surface area contributed by atoms with E-state index in [2.05, 4.69) is 15.3 Å². The predicted molar refractivity (Wildman–Crippen MR) is 81.6 cm³/mol. The van der Waals surface area contributed by atoms with Crippen LogP contribution >= 0.6 is 0 Å². The number of aryl methyl sites for hydroxylation is 1. The molecule has 1 amide bonds. The Morgan fingerprint density at radius 2 is 1.90 bits per heavy atom. The summed E-state index contributed by atoms with van der Waals surface area (Å²) in [6, 6.07) is 0.301. The first-order valence-corrected chi connectivity index (χ1v) is 8.04. The molecule has 2 bridgehead atoms. The number of carbonyl (C=O) groups is 1. The van der Waals surface area contributed by atoms with Gasteiger partial charge in [-0.25, -0.2) is 9.97 Å². The highest BCUT2D eigenvalue weighted by Crippen LogP contribution is 2.42. The van der Waals surface area contributed by atoms with Crippen LogP contribution in [0.3, 0.4) is 0 Å². The standard InChI is InChI=1S/C16H24N4O/c1-2-14-18-8-13(9-19-14)20-16(21)12-6-10-4-3-5-11(7-12)15(10)17/h8-12,15H,2-7,17H2,1H3,(H,20,21). The SMILES string of the molecule is CCc1ncc(NC(=O)C2CC3CCCC(C2)C3N)cn1. The molecule has 2 unspecified atom stereocenters. The zero-order valence-electron chi connectivity index (χ0n) is 12.6. The fourth-order valence-corrected chi connectivity index (χ4v) is 3.85. The molecule has 3 rings (SSSR count). The van der Waals surface area contributed by atoms with Gasteiger partial charge in [0.15, 0.2) is 0 Å². The molecule has 21 heavy (non-hydrogen) atoms. The van der Waals surface area contributed by atoms with Gasteiger partial charge < -0.3 is 11.1 Å². The van der Waals surface area contributed by atoms with Crippen molar-refractivity contribution in [2.24, 2.45) is 23.5 Å². The quantitative estimate of drug-likeness (QED) is 0.893. The van der Waals surface area contributed by atoms with Crippen LogP contribution in [-0.4, -0.2) is 21.9 Å². The van der Waals surface area contributed by atoms with Crippen molar-refractivity contribution >= 4 is 11.6 Å². The van der Waals surface area contributed by atoms with Gasteiger partial charge in [0.05, 0.1) is 18.1 Å². The molecule has 3 N–H and O–H groups in total. The average Bonchev–Trinajstić information content (AvgIpc) is 2.47. The molecular formula is C16H24N4O. The molecule has 5 heteroatoms. The summed E-state index contributed by atoms with van der Waals surface area (Å²) in [5, 5.41) is 2.96. The van der Waals surface area contributed by atoms with Gasteiger partial charge in [0.25, 0.3) is 0 Å². The van der Waals surface area contributed by atoms with Gasteiger partial charge in [-0.15, -0.1) is 0 Å². The molecule has 2 atom stereocenters. The van der Waals surface area contributed by atoms with Crippen LogP contribution in [0.5, 0.6) is 0 Å². The molecule has 0 aliphatic heterocycles. The van der Waals surface area contributed by atoms with E-state index in [1.54, 1.807) is 12.4 Å². The summed E-state index contributed by atoms with van der Waals surface area (Å²) in [4.78, 5) is 20.9. The molecule has 2 aliphatic rings. The lowest BCUT2D eigenvalue weighted by molar-refractivity contribution is -0.122. The average molecular weight is 288 g/mol. The molecule has 5 nitrogen and oxygen atoms in total. The lowest BCUT2D eigenvalue weighted by Crippen LogP contribution is -2.48. The van der Waals surface area contributed by atoms with Crippen molar-refractivity contribution in [1.29, 1.82) is 0 Å². The number of hydrogen-bond acceptors (Lipinski definition) is 4. The zero-order chi connectivity index (χ0) is 14.8. The van der Waals surface area contributed by atoms with Gasteiger partial charge in [-0.3, -0.25) is 4.79 Å². The normalized spacial score (nSPS) is 31.7.